The first-order valence-corrected chi connectivity index (χ1v) is 9.48. The van der Waals surface area contributed by atoms with Crippen LogP contribution in [-0.2, 0) is 4.79 Å². The summed E-state index contributed by atoms with van der Waals surface area (Å²) >= 11 is 0. The second-order valence-corrected chi connectivity index (χ2v) is 7.43. The lowest BCUT2D eigenvalue weighted by Gasteiger charge is -2.44. The zero-order valence-electron chi connectivity index (χ0n) is 15.3. The molecule has 3 heterocycles. The molecule has 4 nitrogen and oxygen atoms in total. The Morgan fingerprint density at radius 2 is 1.85 bits per heavy atom. The first kappa shape index (κ1) is 17.1. The molecule has 0 aromatic heterocycles. The number of para-hydroxylation sites is 1. The van der Waals surface area contributed by atoms with E-state index in [9.17, 15) is 4.79 Å². The molecular formula is C22H26N2O2. The molecule has 2 aromatic carbocycles. The summed E-state index contributed by atoms with van der Waals surface area (Å²) in [5.74, 6) is 2.24. The summed E-state index contributed by atoms with van der Waals surface area (Å²) in [5.41, 5.74) is 2.99. The molecule has 1 amide bonds. The highest BCUT2D eigenvalue weighted by atomic mass is 16.5. The van der Waals surface area contributed by atoms with Crippen LogP contribution < -0.4 is 10.1 Å². The van der Waals surface area contributed by atoms with Gasteiger partial charge in [-0.05, 0) is 61.5 Å². The molecule has 5 rings (SSSR count). The normalized spacial score (nSPS) is 24.3. The van der Waals surface area contributed by atoms with E-state index >= 15 is 0 Å². The smallest absolute Gasteiger partial charge is 0.224 e. The van der Waals surface area contributed by atoms with Gasteiger partial charge in [0.25, 0.3) is 0 Å². The van der Waals surface area contributed by atoms with E-state index in [-0.39, 0.29) is 5.91 Å². The summed E-state index contributed by atoms with van der Waals surface area (Å²) in [6, 6.07) is 16.0. The predicted molar refractivity (Wildman–Crippen MR) is 104 cm³/mol. The number of fused-ring (bicyclic) bond motifs is 3. The molecule has 0 spiro atoms. The van der Waals surface area contributed by atoms with Crippen molar-refractivity contribution in [3.05, 3.63) is 48.5 Å². The third-order valence-corrected chi connectivity index (χ3v) is 5.83. The van der Waals surface area contributed by atoms with Crippen molar-refractivity contribution >= 4 is 11.6 Å². The number of amides is 1. The number of anilines is 1. The van der Waals surface area contributed by atoms with Crippen LogP contribution in [0.2, 0.25) is 0 Å². The molecule has 3 aliphatic rings. The number of hydrogen-bond acceptors (Lipinski definition) is 3. The van der Waals surface area contributed by atoms with Gasteiger partial charge in [-0.1, -0.05) is 30.3 Å². The van der Waals surface area contributed by atoms with E-state index in [0.717, 1.165) is 35.0 Å². The van der Waals surface area contributed by atoms with Crippen molar-refractivity contribution in [3.8, 4) is 16.9 Å². The number of benzene rings is 2. The summed E-state index contributed by atoms with van der Waals surface area (Å²) in [6.07, 6.45) is 3.15. The monoisotopic (exact) mass is 350 g/mol. The van der Waals surface area contributed by atoms with E-state index in [1.165, 1.54) is 25.9 Å². The molecule has 1 atom stereocenters. The average Bonchev–Trinajstić information content (AvgIpc) is 2.69. The maximum absolute atomic E-state index is 12.5. The van der Waals surface area contributed by atoms with Crippen LogP contribution in [0.4, 0.5) is 5.69 Å². The van der Waals surface area contributed by atoms with E-state index in [1.807, 2.05) is 48.5 Å². The highest BCUT2D eigenvalue weighted by Crippen LogP contribution is 2.34. The fraction of sp³-hybridized carbons (Fsp3) is 0.409. The number of carbonyl (C=O) groups is 1. The second-order valence-electron chi connectivity index (χ2n) is 7.43. The number of rotatable bonds is 5. The minimum Gasteiger partial charge on any atom is -0.496 e. The summed E-state index contributed by atoms with van der Waals surface area (Å²) in [6.45, 7) is 3.52. The summed E-state index contributed by atoms with van der Waals surface area (Å²) in [7, 11) is 1.68. The maximum Gasteiger partial charge on any atom is 0.224 e. The Hall–Kier alpha value is -2.33. The van der Waals surface area contributed by atoms with Crippen molar-refractivity contribution in [1.29, 1.82) is 0 Å². The fourth-order valence-electron chi connectivity index (χ4n) is 4.39. The van der Waals surface area contributed by atoms with Crippen LogP contribution in [0.15, 0.2) is 48.5 Å². The van der Waals surface area contributed by atoms with Gasteiger partial charge in [0, 0.05) is 24.2 Å². The molecule has 0 aliphatic carbocycles. The Bertz CT molecular complexity index is 764. The first-order valence-electron chi connectivity index (χ1n) is 9.48. The van der Waals surface area contributed by atoms with Gasteiger partial charge in [0.2, 0.25) is 5.91 Å². The minimum atomic E-state index is 0.133. The molecule has 1 N–H and O–H groups in total. The molecule has 3 saturated heterocycles. The number of nitrogens with zero attached hydrogens (tertiary/aromatic N) is 1. The molecule has 3 aliphatic heterocycles. The molecule has 2 aromatic rings. The van der Waals surface area contributed by atoms with Gasteiger partial charge in [0.05, 0.1) is 7.11 Å². The van der Waals surface area contributed by atoms with Crippen LogP contribution in [-0.4, -0.2) is 37.6 Å². The number of hydrogen-bond donors (Lipinski definition) is 1. The van der Waals surface area contributed by atoms with Gasteiger partial charge < -0.3 is 15.0 Å². The molecule has 3 fully saturated rings. The van der Waals surface area contributed by atoms with Crippen molar-refractivity contribution in [2.75, 3.05) is 32.1 Å². The van der Waals surface area contributed by atoms with Crippen LogP contribution in [0.5, 0.6) is 5.75 Å². The van der Waals surface area contributed by atoms with Crippen LogP contribution in [0, 0.1) is 11.8 Å². The van der Waals surface area contributed by atoms with Crippen LogP contribution in [0.25, 0.3) is 11.1 Å². The van der Waals surface area contributed by atoms with E-state index in [1.54, 1.807) is 7.11 Å². The lowest BCUT2D eigenvalue weighted by Crippen LogP contribution is -2.48. The van der Waals surface area contributed by atoms with Crippen LogP contribution in [0.1, 0.15) is 19.3 Å². The molecular weight excluding hydrogens is 324 g/mol. The van der Waals surface area contributed by atoms with E-state index in [4.69, 9.17) is 4.74 Å². The Kier molecular flexibility index (Phi) is 4.93. The van der Waals surface area contributed by atoms with Crippen LogP contribution in [0.3, 0.4) is 0 Å². The Morgan fingerprint density at radius 1 is 1.12 bits per heavy atom. The first-order chi connectivity index (χ1) is 12.7. The molecule has 26 heavy (non-hydrogen) atoms. The lowest BCUT2D eigenvalue weighted by molar-refractivity contribution is -0.118. The Balaban J connectivity index is 1.39. The Morgan fingerprint density at radius 3 is 2.50 bits per heavy atom. The predicted octanol–water partition coefficient (Wildman–Crippen LogP) is 4.03. The number of nitrogens with one attached hydrogen (secondary N) is 1. The second kappa shape index (κ2) is 7.50. The quantitative estimate of drug-likeness (QED) is 0.885. The van der Waals surface area contributed by atoms with Gasteiger partial charge in [-0.15, -0.1) is 0 Å². The topological polar surface area (TPSA) is 41.6 Å². The third kappa shape index (κ3) is 3.61. The molecule has 0 radical (unpaired) electrons. The number of piperidine rings is 3. The summed E-state index contributed by atoms with van der Waals surface area (Å²) in [4.78, 5) is 15.0. The third-order valence-electron chi connectivity index (χ3n) is 5.83. The molecule has 1 unspecified atom stereocenters. The van der Waals surface area contributed by atoms with Crippen molar-refractivity contribution in [2.24, 2.45) is 11.8 Å². The molecule has 2 bridgehead atoms. The van der Waals surface area contributed by atoms with Crippen LogP contribution >= 0.6 is 0 Å². The minimum absolute atomic E-state index is 0.133. The van der Waals surface area contributed by atoms with Gasteiger partial charge in [0.15, 0.2) is 0 Å². The molecule has 136 valence electrons. The molecule has 0 saturated carbocycles. The summed E-state index contributed by atoms with van der Waals surface area (Å²) < 4.78 is 5.43. The van der Waals surface area contributed by atoms with Gasteiger partial charge in [-0.25, -0.2) is 0 Å². The molecule has 4 heteroatoms. The van der Waals surface area contributed by atoms with Crippen molar-refractivity contribution in [3.63, 3.8) is 0 Å². The number of ether oxygens (including phenoxy) is 1. The van der Waals surface area contributed by atoms with Crippen molar-refractivity contribution in [1.82, 2.24) is 4.90 Å². The van der Waals surface area contributed by atoms with Crippen molar-refractivity contribution < 1.29 is 9.53 Å². The highest BCUT2D eigenvalue weighted by molar-refractivity contribution is 5.91. The summed E-state index contributed by atoms with van der Waals surface area (Å²) in [5, 5.41) is 3.07. The SMILES string of the molecule is COc1ccccc1-c1ccc(NC(=O)CC2CN3CCC2CC3)cc1. The highest BCUT2D eigenvalue weighted by Gasteiger charge is 2.34. The van der Waals surface area contributed by atoms with Crippen molar-refractivity contribution in [2.45, 2.75) is 19.3 Å². The lowest BCUT2D eigenvalue weighted by atomic mass is 9.77. The largest absolute Gasteiger partial charge is 0.496 e. The van der Waals surface area contributed by atoms with E-state index < -0.39 is 0 Å². The van der Waals surface area contributed by atoms with E-state index in [0.29, 0.717) is 12.3 Å². The zero-order chi connectivity index (χ0) is 17.9. The van der Waals surface area contributed by atoms with Gasteiger partial charge >= 0.3 is 0 Å². The Labute approximate surface area is 155 Å². The van der Waals surface area contributed by atoms with Gasteiger partial charge in [-0.3, -0.25) is 4.79 Å². The number of methoxy groups -OCH3 is 1. The van der Waals surface area contributed by atoms with E-state index in [2.05, 4.69) is 10.2 Å². The standard InChI is InChI=1S/C22H26N2O2/c1-26-21-5-3-2-4-20(21)17-6-8-19(9-7-17)23-22(25)14-18-15-24-12-10-16(18)11-13-24/h2-9,16,18H,10-15H2,1H3,(H,23,25). The zero-order valence-corrected chi connectivity index (χ0v) is 15.3. The maximum atomic E-state index is 12.5. The fourth-order valence-corrected chi connectivity index (χ4v) is 4.39. The van der Waals surface area contributed by atoms with Gasteiger partial charge in [-0.2, -0.15) is 0 Å². The number of carbonyl (C=O) groups excluding carboxylic acids is 1. The van der Waals surface area contributed by atoms with Gasteiger partial charge in [0.1, 0.15) is 5.75 Å². The average molecular weight is 350 g/mol.